The summed E-state index contributed by atoms with van der Waals surface area (Å²) in [7, 11) is 0. The summed E-state index contributed by atoms with van der Waals surface area (Å²) in [5.74, 6) is 1.06. The van der Waals surface area contributed by atoms with E-state index in [9.17, 15) is 4.79 Å². The lowest BCUT2D eigenvalue weighted by Gasteiger charge is -2.32. The molecule has 0 unspecified atom stereocenters. The number of nitrogens with two attached hydrogens (primary N) is 1. The number of aryl methyl sites for hydroxylation is 1. The SMILES string of the molecule is NC(=O)[C@H]1CN(c2nnc(-c3c[nH]c4ccccc34)n2CCc2ccccc2)CCO1. The molecule has 3 N–H and O–H groups in total. The maximum absolute atomic E-state index is 11.7. The third-order valence-electron chi connectivity index (χ3n) is 5.69. The minimum absolute atomic E-state index is 0.368. The number of amides is 1. The zero-order valence-electron chi connectivity index (χ0n) is 17.1. The van der Waals surface area contributed by atoms with Crippen LogP contribution >= 0.6 is 0 Å². The highest BCUT2D eigenvalue weighted by Gasteiger charge is 2.29. The molecule has 0 radical (unpaired) electrons. The molecule has 1 aliphatic heterocycles. The van der Waals surface area contributed by atoms with Crippen LogP contribution in [0.15, 0.2) is 60.8 Å². The molecular formula is C23H24N6O2. The van der Waals surface area contributed by atoms with Crippen molar-refractivity contribution < 1.29 is 9.53 Å². The van der Waals surface area contributed by atoms with Crippen LogP contribution in [0, 0.1) is 0 Å². The lowest BCUT2D eigenvalue weighted by atomic mass is 10.1. The Hall–Kier alpha value is -3.65. The third kappa shape index (κ3) is 3.77. The van der Waals surface area contributed by atoms with E-state index in [4.69, 9.17) is 10.5 Å². The monoisotopic (exact) mass is 416 g/mol. The zero-order chi connectivity index (χ0) is 21.2. The molecule has 1 amide bonds. The van der Waals surface area contributed by atoms with E-state index in [2.05, 4.69) is 37.9 Å². The number of hydrogen-bond donors (Lipinski definition) is 2. The first-order valence-corrected chi connectivity index (χ1v) is 10.4. The fourth-order valence-corrected chi connectivity index (χ4v) is 4.08. The first-order valence-electron chi connectivity index (χ1n) is 10.4. The Balaban J connectivity index is 1.54. The average Bonchev–Trinajstić information content (AvgIpc) is 3.42. The van der Waals surface area contributed by atoms with E-state index in [1.165, 1.54) is 5.56 Å². The molecule has 5 rings (SSSR count). The molecule has 8 nitrogen and oxygen atoms in total. The number of para-hydroxylation sites is 1. The van der Waals surface area contributed by atoms with Crippen molar-refractivity contribution in [3.05, 3.63) is 66.4 Å². The van der Waals surface area contributed by atoms with Gasteiger partial charge in [-0.3, -0.25) is 9.36 Å². The van der Waals surface area contributed by atoms with Crippen molar-refractivity contribution in [1.82, 2.24) is 19.7 Å². The number of H-pyrrole nitrogens is 1. The molecule has 8 heteroatoms. The maximum atomic E-state index is 11.7. The Bertz CT molecular complexity index is 1200. The lowest BCUT2D eigenvalue weighted by Crippen LogP contribution is -2.49. The molecule has 2 aromatic carbocycles. The first-order chi connectivity index (χ1) is 15.2. The van der Waals surface area contributed by atoms with Crippen LogP contribution in [0.4, 0.5) is 5.95 Å². The molecule has 0 bridgehead atoms. The van der Waals surface area contributed by atoms with Gasteiger partial charge < -0.3 is 20.4 Å². The van der Waals surface area contributed by atoms with Crippen LogP contribution in [0.2, 0.25) is 0 Å². The van der Waals surface area contributed by atoms with Gasteiger partial charge in [0.25, 0.3) is 0 Å². The van der Waals surface area contributed by atoms with Crippen LogP contribution in [-0.4, -0.2) is 51.5 Å². The number of hydrogen-bond acceptors (Lipinski definition) is 5. The number of fused-ring (bicyclic) bond motifs is 1. The quantitative estimate of drug-likeness (QED) is 0.502. The summed E-state index contributed by atoms with van der Waals surface area (Å²) in [5, 5.41) is 10.2. The number of benzene rings is 2. The molecule has 1 saturated heterocycles. The topological polar surface area (TPSA) is 102 Å². The molecule has 0 saturated carbocycles. The minimum atomic E-state index is -0.649. The molecule has 158 valence electrons. The molecule has 1 fully saturated rings. The van der Waals surface area contributed by atoms with E-state index in [-0.39, 0.29) is 0 Å². The Morgan fingerprint density at radius 1 is 1.13 bits per heavy atom. The van der Waals surface area contributed by atoms with Crippen molar-refractivity contribution in [1.29, 1.82) is 0 Å². The van der Waals surface area contributed by atoms with Gasteiger partial charge in [0, 0.05) is 35.8 Å². The van der Waals surface area contributed by atoms with Gasteiger partial charge in [-0.15, -0.1) is 10.2 Å². The summed E-state index contributed by atoms with van der Waals surface area (Å²) in [6.45, 7) is 2.12. The van der Waals surface area contributed by atoms with Gasteiger partial charge in [0.1, 0.15) is 0 Å². The standard InChI is InChI=1S/C23H24N6O2/c24-21(30)20-15-28(12-13-31-20)23-27-26-22(18-14-25-19-9-5-4-8-17(18)19)29(23)11-10-16-6-2-1-3-7-16/h1-9,14,20,25H,10-13,15H2,(H2,24,30)/t20-/m1/s1. The predicted molar refractivity (Wildman–Crippen MR) is 119 cm³/mol. The molecule has 2 aromatic heterocycles. The van der Waals surface area contributed by atoms with Crippen molar-refractivity contribution in [2.24, 2.45) is 5.73 Å². The summed E-state index contributed by atoms with van der Waals surface area (Å²) < 4.78 is 7.65. The van der Waals surface area contributed by atoms with Gasteiger partial charge in [-0.1, -0.05) is 48.5 Å². The minimum Gasteiger partial charge on any atom is -0.367 e. The number of carbonyl (C=O) groups excluding carboxylic acids is 1. The van der Waals surface area contributed by atoms with Crippen molar-refractivity contribution in [3.63, 3.8) is 0 Å². The second-order valence-electron chi connectivity index (χ2n) is 7.67. The second kappa shape index (κ2) is 8.23. The molecule has 1 atom stereocenters. The van der Waals surface area contributed by atoms with Gasteiger partial charge in [-0.25, -0.2) is 0 Å². The van der Waals surface area contributed by atoms with Gasteiger partial charge in [0.15, 0.2) is 11.9 Å². The molecule has 31 heavy (non-hydrogen) atoms. The number of carbonyl (C=O) groups is 1. The van der Waals surface area contributed by atoms with Crippen LogP contribution in [0.1, 0.15) is 5.56 Å². The number of ether oxygens (including phenoxy) is 1. The van der Waals surface area contributed by atoms with Crippen molar-refractivity contribution in [3.8, 4) is 11.4 Å². The second-order valence-corrected chi connectivity index (χ2v) is 7.67. The van der Waals surface area contributed by atoms with E-state index in [0.29, 0.717) is 26.2 Å². The van der Waals surface area contributed by atoms with Crippen LogP contribution in [0.3, 0.4) is 0 Å². The van der Waals surface area contributed by atoms with Crippen LogP contribution < -0.4 is 10.6 Å². The van der Waals surface area contributed by atoms with E-state index in [1.54, 1.807) is 0 Å². The number of anilines is 1. The van der Waals surface area contributed by atoms with Gasteiger partial charge in [0.05, 0.1) is 13.2 Å². The number of primary amides is 1. The highest BCUT2D eigenvalue weighted by Crippen LogP contribution is 2.30. The average molecular weight is 416 g/mol. The van der Waals surface area contributed by atoms with Gasteiger partial charge in [-0.2, -0.15) is 0 Å². The Morgan fingerprint density at radius 3 is 2.77 bits per heavy atom. The van der Waals surface area contributed by atoms with E-state index in [1.807, 2.05) is 47.5 Å². The first kappa shape index (κ1) is 19.3. The number of nitrogens with zero attached hydrogens (tertiary/aromatic N) is 4. The highest BCUT2D eigenvalue weighted by molar-refractivity contribution is 5.94. The van der Waals surface area contributed by atoms with Gasteiger partial charge in [0.2, 0.25) is 11.9 Å². The molecular weight excluding hydrogens is 392 g/mol. The van der Waals surface area contributed by atoms with E-state index < -0.39 is 12.0 Å². The van der Waals surface area contributed by atoms with E-state index in [0.717, 1.165) is 34.7 Å². The van der Waals surface area contributed by atoms with Crippen molar-refractivity contribution in [2.75, 3.05) is 24.6 Å². The molecule has 3 heterocycles. The fourth-order valence-electron chi connectivity index (χ4n) is 4.08. The normalized spacial score (nSPS) is 16.6. The summed E-state index contributed by atoms with van der Waals surface area (Å²) in [6.07, 6.45) is 2.16. The predicted octanol–water partition coefficient (Wildman–Crippen LogP) is 2.36. The molecule has 0 aliphatic carbocycles. The van der Waals surface area contributed by atoms with Gasteiger partial charge >= 0.3 is 0 Å². The van der Waals surface area contributed by atoms with Crippen molar-refractivity contribution >= 4 is 22.8 Å². The molecule has 0 spiro atoms. The fraction of sp³-hybridized carbons (Fsp3) is 0.261. The van der Waals surface area contributed by atoms with Crippen LogP contribution in [-0.2, 0) is 22.5 Å². The summed E-state index contributed by atoms with van der Waals surface area (Å²) in [5.41, 5.74) is 8.78. The number of nitrogens with one attached hydrogen (secondary N) is 1. The maximum Gasteiger partial charge on any atom is 0.248 e. The Labute approximate surface area is 179 Å². The van der Waals surface area contributed by atoms with Gasteiger partial charge in [-0.05, 0) is 18.1 Å². The number of aromatic nitrogens is 4. The Morgan fingerprint density at radius 2 is 1.94 bits per heavy atom. The summed E-state index contributed by atoms with van der Waals surface area (Å²) in [6, 6.07) is 18.5. The molecule has 1 aliphatic rings. The number of rotatable bonds is 6. The largest absolute Gasteiger partial charge is 0.367 e. The Kier molecular flexibility index (Phi) is 5.13. The number of aromatic amines is 1. The smallest absolute Gasteiger partial charge is 0.248 e. The lowest BCUT2D eigenvalue weighted by molar-refractivity contribution is -0.130. The summed E-state index contributed by atoms with van der Waals surface area (Å²) in [4.78, 5) is 17.0. The summed E-state index contributed by atoms with van der Waals surface area (Å²) >= 11 is 0. The molecule has 4 aromatic rings. The zero-order valence-corrected chi connectivity index (χ0v) is 17.1. The highest BCUT2D eigenvalue weighted by atomic mass is 16.5. The van der Waals surface area contributed by atoms with Crippen LogP contribution in [0.25, 0.3) is 22.3 Å². The van der Waals surface area contributed by atoms with Crippen molar-refractivity contribution in [2.45, 2.75) is 19.1 Å². The number of morpholine rings is 1. The van der Waals surface area contributed by atoms with E-state index >= 15 is 0 Å². The van der Waals surface area contributed by atoms with Crippen LogP contribution in [0.5, 0.6) is 0 Å². The third-order valence-corrected chi connectivity index (χ3v) is 5.69.